The maximum Gasteiger partial charge on any atom is 0.407 e. The Balaban J connectivity index is 1.55. The summed E-state index contributed by atoms with van der Waals surface area (Å²) < 4.78 is 13.3. The monoisotopic (exact) mass is 399 g/mol. The fraction of sp³-hybridized carbons (Fsp3) is 0.471. The molecule has 2 saturated heterocycles. The van der Waals surface area contributed by atoms with Crippen LogP contribution in [0.2, 0.25) is 5.02 Å². The summed E-state index contributed by atoms with van der Waals surface area (Å²) in [7, 11) is 0. The third-order valence-electron chi connectivity index (χ3n) is 4.84. The average molecular weight is 400 g/mol. The van der Waals surface area contributed by atoms with Crippen molar-refractivity contribution in [1.29, 1.82) is 0 Å². The standard InChI is InChI=1S/C17H19ClFN3O5/c18-12-3-10(4-13(19)5-12)6-20-14(23)17(27)1-2-21(15(17)24)7-11-8-22(9-11)16(25)26/h3-5,11,27H,1-2,6-9H2,(H,20,23)(H,25,26). The number of amides is 3. The predicted octanol–water partition coefficient (Wildman–Crippen LogP) is 0.669. The molecule has 1 aromatic rings. The molecule has 1 atom stereocenters. The first-order valence-corrected chi connectivity index (χ1v) is 8.80. The Morgan fingerprint density at radius 3 is 2.67 bits per heavy atom. The Kier molecular flexibility index (Phi) is 5.25. The van der Waals surface area contributed by atoms with E-state index in [9.17, 15) is 23.9 Å². The van der Waals surface area contributed by atoms with E-state index < -0.39 is 29.3 Å². The van der Waals surface area contributed by atoms with Gasteiger partial charge in [0.15, 0.2) is 0 Å². The largest absolute Gasteiger partial charge is 0.465 e. The van der Waals surface area contributed by atoms with Gasteiger partial charge in [-0.15, -0.1) is 0 Å². The number of carboxylic acid groups (broad SMARTS) is 1. The summed E-state index contributed by atoms with van der Waals surface area (Å²) in [6, 6.07) is 3.80. The van der Waals surface area contributed by atoms with Crippen LogP contribution in [0.15, 0.2) is 18.2 Å². The summed E-state index contributed by atoms with van der Waals surface area (Å²) in [5.74, 6) is -2.11. The molecule has 8 nitrogen and oxygen atoms in total. The van der Waals surface area contributed by atoms with Crippen LogP contribution < -0.4 is 5.32 Å². The van der Waals surface area contributed by atoms with E-state index in [-0.39, 0.29) is 37.0 Å². The van der Waals surface area contributed by atoms with Gasteiger partial charge in [0, 0.05) is 50.1 Å². The van der Waals surface area contributed by atoms with Crippen LogP contribution in [0.5, 0.6) is 0 Å². The molecule has 0 bridgehead atoms. The second-order valence-corrected chi connectivity index (χ2v) is 7.31. The van der Waals surface area contributed by atoms with E-state index in [0.29, 0.717) is 18.7 Å². The summed E-state index contributed by atoms with van der Waals surface area (Å²) in [4.78, 5) is 38.2. The number of hydrogen-bond donors (Lipinski definition) is 3. The number of nitrogens with zero attached hydrogens (tertiary/aromatic N) is 2. The lowest BCUT2D eigenvalue weighted by molar-refractivity contribution is -0.155. The Morgan fingerprint density at radius 2 is 2.04 bits per heavy atom. The van der Waals surface area contributed by atoms with Crippen molar-refractivity contribution in [1.82, 2.24) is 15.1 Å². The normalized spacial score (nSPS) is 22.7. The number of likely N-dealkylation sites (tertiary alicyclic amines) is 2. The number of hydrogen-bond acceptors (Lipinski definition) is 4. The van der Waals surface area contributed by atoms with Crippen molar-refractivity contribution in [3.05, 3.63) is 34.6 Å². The van der Waals surface area contributed by atoms with Gasteiger partial charge in [-0.2, -0.15) is 0 Å². The molecular formula is C17H19ClFN3O5. The van der Waals surface area contributed by atoms with Gasteiger partial charge < -0.3 is 25.3 Å². The van der Waals surface area contributed by atoms with Gasteiger partial charge >= 0.3 is 6.09 Å². The van der Waals surface area contributed by atoms with Crippen LogP contribution in [-0.2, 0) is 16.1 Å². The van der Waals surface area contributed by atoms with Gasteiger partial charge in [0.05, 0.1) is 0 Å². The van der Waals surface area contributed by atoms with Crippen molar-refractivity contribution >= 4 is 29.5 Å². The maximum atomic E-state index is 13.3. The van der Waals surface area contributed by atoms with Gasteiger partial charge in [0.1, 0.15) is 5.82 Å². The highest BCUT2D eigenvalue weighted by atomic mass is 35.5. The Morgan fingerprint density at radius 1 is 1.33 bits per heavy atom. The molecule has 2 heterocycles. The number of halogens is 2. The van der Waals surface area contributed by atoms with Gasteiger partial charge in [-0.3, -0.25) is 9.59 Å². The smallest absolute Gasteiger partial charge is 0.407 e. The predicted molar refractivity (Wildman–Crippen MR) is 92.5 cm³/mol. The summed E-state index contributed by atoms with van der Waals surface area (Å²) in [6.45, 7) is 1.06. The van der Waals surface area contributed by atoms with Crippen LogP contribution in [0.4, 0.5) is 9.18 Å². The number of carbonyl (C=O) groups excluding carboxylic acids is 2. The third kappa shape index (κ3) is 3.98. The zero-order valence-electron chi connectivity index (χ0n) is 14.3. The lowest BCUT2D eigenvalue weighted by Crippen LogP contribution is -2.56. The quantitative estimate of drug-likeness (QED) is 0.630. The SMILES string of the molecule is O=C(O)N1CC(CN2CCC(O)(C(=O)NCc3cc(F)cc(Cl)c3)C2=O)C1. The van der Waals surface area contributed by atoms with E-state index in [4.69, 9.17) is 16.7 Å². The van der Waals surface area contributed by atoms with Crippen molar-refractivity contribution in [2.24, 2.45) is 5.92 Å². The molecule has 146 valence electrons. The van der Waals surface area contributed by atoms with Crippen molar-refractivity contribution in [2.45, 2.75) is 18.6 Å². The number of benzene rings is 1. The second kappa shape index (κ2) is 7.32. The summed E-state index contributed by atoms with van der Waals surface area (Å²) in [5.41, 5.74) is -1.77. The van der Waals surface area contributed by atoms with E-state index in [1.807, 2.05) is 0 Å². The highest BCUT2D eigenvalue weighted by Crippen LogP contribution is 2.26. The number of nitrogens with one attached hydrogen (secondary N) is 1. The van der Waals surface area contributed by atoms with Gasteiger partial charge in [0.25, 0.3) is 11.8 Å². The molecule has 0 spiro atoms. The molecule has 0 aliphatic carbocycles. The number of rotatable bonds is 5. The Hall–Kier alpha value is -2.39. The maximum absolute atomic E-state index is 13.3. The second-order valence-electron chi connectivity index (χ2n) is 6.88. The number of aliphatic hydroxyl groups is 1. The minimum Gasteiger partial charge on any atom is -0.465 e. The Bertz CT molecular complexity index is 766. The lowest BCUT2D eigenvalue weighted by atomic mass is 9.99. The molecule has 10 heteroatoms. The molecule has 3 rings (SSSR count). The van der Waals surface area contributed by atoms with Crippen molar-refractivity contribution in [3.8, 4) is 0 Å². The minimum atomic E-state index is -2.17. The molecule has 0 aromatic heterocycles. The minimum absolute atomic E-state index is 0.00935. The molecule has 2 aliphatic heterocycles. The molecule has 3 N–H and O–H groups in total. The molecule has 2 fully saturated rings. The zero-order valence-corrected chi connectivity index (χ0v) is 15.1. The molecule has 0 radical (unpaired) electrons. The lowest BCUT2D eigenvalue weighted by Gasteiger charge is -2.39. The van der Waals surface area contributed by atoms with E-state index >= 15 is 0 Å². The first-order chi connectivity index (χ1) is 12.7. The molecule has 0 saturated carbocycles. The molecule has 3 amide bonds. The fourth-order valence-electron chi connectivity index (χ4n) is 3.35. The highest BCUT2D eigenvalue weighted by molar-refractivity contribution is 6.30. The summed E-state index contributed by atoms with van der Waals surface area (Å²) >= 11 is 5.76. The summed E-state index contributed by atoms with van der Waals surface area (Å²) in [5, 5.41) is 22.0. The highest BCUT2D eigenvalue weighted by Gasteiger charge is 2.52. The molecule has 1 unspecified atom stereocenters. The van der Waals surface area contributed by atoms with Crippen molar-refractivity contribution in [3.63, 3.8) is 0 Å². The number of carbonyl (C=O) groups is 3. The topological polar surface area (TPSA) is 110 Å². The molecule has 1 aromatic carbocycles. The van der Waals surface area contributed by atoms with Gasteiger partial charge in [-0.05, 0) is 23.8 Å². The molecule has 2 aliphatic rings. The van der Waals surface area contributed by atoms with E-state index in [0.717, 1.165) is 6.07 Å². The third-order valence-corrected chi connectivity index (χ3v) is 5.06. The van der Waals surface area contributed by atoms with E-state index in [1.165, 1.54) is 21.9 Å². The average Bonchev–Trinajstić information content (AvgIpc) is 2.83. The first-order valence-electron chi connectivity index (χ1n) is 8.42. The Labute approximate surface area is 159 Å². The summed E-state index contributed by atoms with van der Waals surface area (Å²) in [6.07, 6.45) is -1.07. The van der Waals surface area contributed by atoms with Crippen molar-refractivity contribution < 1.29 is 29.0 Å². The molecule has 27 heavy (non-hydrogen) atoms. The van der Waals surface area contributed by atoms with Crippen LogP contribution in [0, 0.1) is 11.7 Å². The zero-order chi connectivity index (χ0) is 19.8. The van der Waals surface area contributed by atoms with Gasteiger partial charge in [-0.25, -0.2) is 9.18 Å². The van der Waals surface area contributed by atoms with Crippen molar-refractivity contribution in [2.75, 3.05) is 26.2 Å². The van der Waals surface area contributed by atoms with Crippen LogP contribution in [0.25, 0.3) is 0 Å². The van der Waals surface area contributed by atoms with Crippen LogP contribution in [-0.4, -0.2) is 69.7 Å². The first kappa shape index (κ1) is 19.4. The fourth-order valence-corrected chi connectivity index (χ4v) is 3.59. The van der Waals surface area contributed by atoms with E-state index in [2.05, 4.69) is 5.32 Å². The van der Waals surface area contributed by atoms with Gasteiger partial charge in [-0.1, -0.05) is 11.6 Å². The van der Waals surface area contributed by atoms with Crippen LogP contribution in [0.1, 0.15) is 12.0 Å². The van der Waals surface area contributed by atoms with E-state index in [1.54, 1.807) is 0 Å². The van der Waals surface area contributed by atoms with Crippen LogP contribution in [0.3, 0.4) is 0 Å². The van der Waals surface area contributed by atoms with Crippen LogP contribution >= 0.6 is 11.6 Å². The van der Waals surface area contributed by atoms with Gasteiger partial charge in [0.2, 0.25) is 5.60 Å². The molecular weight excluding hydrogens is 381 g/mol.